The van der Waals surface area contributed by atoms with E-state index in [1.165, 1.54) is 6.92 Å². The van der Waals surface area contributed by atoms with Crippen LogP contribution in [0.1, 0.15) is 13.8 Å². The van der Waals surface area contributed by atoms with Crippen LogP contribution in [-0.4, -0.2) is 12.4 Å². The lowest BCUT2D eigenvalue weighted by molar-refractivity contribution is -0.0917. The molecule has 0 amide bonds. The van der Waals surface area contributed by atoms with Crippen LogP contribution >= 0.6 is 0 Å². The molecule has 1 nitrogen and oxygen atoms in total. The number of hydrogen-bond donors (Lipinski definition) is 1. The Morgan fingerprint density at radius 3 is 1.80 bits per heavy atom. The molecule has 0 aliphatic carbocycles. The Kier molecular flexibility index (Phi) is 2.63. The summed E-state index contributed by atoms with van der Waals surface area (Å²) in [5.74, 6) is 0. The SMILES string of the molecule is C/C(C=N)=C(/C)C(F)(F)F. The Morgan fingerprint density at radius 1 is 1.30 bits per heavy atom. The van der Waals surface area contributed by atoms with Gasteiger partial charge in [-0.25, -0.2) is 0 Å². The van der Waals surface area contributed by atoms with Gasteiger partial charge in [0.25, 0.3) is 0 Å². The minimum atomic E-state index is -4.29. The number of halogens is 3. The zero-order chi connectivity index (χ0) is 8.36. The normalized spacial score (nSPS) is 14.5. The highest BCUT2D eigenvalue weighted by Crippen LogP contribution is 2.26. The molecule has 0 radical (unpaired) electrons. The van der Waals surface area contributed by atoms with E-state index in [9.17, 15) is 13.2 Å². The summed E-state index contributed by atoms with van der Waals surface area (Å²) in [6.45, 7) is 2.22. The summed E-state index contributed by atoms with van der Waals surface area (Å²) in [6, 6.07) is 0. The summed E-state index contributed by atoms with van der Waals surface area (Å²) in [5.41, 5.74) is -0.755. The van der Waals surface area contributed by atoms with E-state index >= 15 is 0 Å². The summed E-state index contributed by atoms with van der Waals surface area (Å²) in [4.78, 5) is 0. The average molecular weight is 151 g/mol. The molecule has 0 spiro atoms. The van der Waals surface area contributed by atoms with Crippen molar-refractivity contribution in [3.63, 3.8) is 0 Å². The third-order valence-corrected chi connectivity index (χ3v) is 1.23. The summed E-state index contributed by atoms with van der Waals surface area (Å²) in [5, 5.41) is 6.54. The number of alkyl halides is 3. The van der Waals surface area contributed by atoms with E-state index < -0.39 is 11.7 Å². The van der Waals surface area contributed by atoms with Crippen molar-refractivity contribution in [3.05, 3.63) is 11.1 Å². The predicted octanol–water partition coefficient (Wildman–Crippen LogP) is 2.53. The van der Waals surface area contributed by atoms with Gasteiger partial charge in [-0.1, -0.05) is 0 Å². The zero-order valence-electron chi connectivity index (χ0n) is 5.71. The third kappa shape index (κ3) is 2.21. The Labute approximate surface area is 57.1 Å². The van der Waals surface area contributed by atoms with Gasteiger partial charge in [-0.05, 0) is 19.4 Å². The van der Waals surface area contributed by atoms with Gasteiger partial charge >= 0.3 is 6.18 Å². The van der Waals surface area contributed by atoms with Gasteiger partial charge in [-0.15, -0.1) is 0 Å². The lowest BCUT2D eigenvalue weighted by atomic mass is 10.1. The molecule has 0 aromatic rings. The van der Waals surface area contributed by atoms with Crippen LogP contribution in [0, 0.1) is 5.41 Å². The molecule has 0 aromatic heterocycles. The molecule has 0 aromatic carbocycles. The third-order valence-electron chi connectivity index (χ3n) is 1.23. The fourth-order valence-corrected chi connectivity index (χ4v) is 0.332. The van der Waals surface area contributed by atoms with Crippen molar-refractivity contribution in [2.24, 2.45) is 0 Å². The number of hydrogen-bond acceptors (Lipinski definition) is 1. The van der Waals surface area contributed by atoms with Crippen molar-refractivity contribution in [1.29, 1.82) is 5.41 Å². The van der Waals surface area contributed by atoms with Crippen LogP contribution in [0.3, 0.4) is 0 Å². The molecule has 0 atom stereocenters. The summed E-state index contributed by atoms with van der Waals surface area (Å²) < 4.78 is 35.2. The first-order valence-corrected chi connectivity index (χ1v) is 2.64. The van der Waals surface area contributed by atoms with Crippen LogP contribution < -0.4 is 0 Å². The maximum absolute atomic E-state index is 11.7. The molecule has 0 saturated carbocycles. The maximum Gasteiger partial charge on any atom is 0.412 e. The van der Waals surface area contributed by atoms with Crippen LogP contribution in [0.25, 0.3) is 0 Å². The van der Waals surface area contributed by atoms with E-state index in [4.69, 9.17) is 5.41 Å². The minimum absolute atomic E-state index is 0.0486. The molecule has 0 unspecified atom stereocenters. The van der Waals surface area contributed by atoms with Gasteiger partial charge in [0.15, 0.2) is 0 Å². The van der Waals surface area contributed by atoms with Crippen molar-refractivity contribution in [3.8, 4) is 0 Å². The molecule has 0 aliphatic heterocycles. The van der Waals surface area contributed by atoms with Gasteiger partial charge in [0.05, 0.1) is 0 Å². The van der Waals surface area contributed by atoms with E-state index in [1.54, 1.807) is 0 Å². The number of rotatable bonds is 1. The summed E-state index contributed by atoms with van der Waals surface area (Å²) in [6.07, 6.45) is -3.59. The van der Waals surface area contributed by atoms with Crippen molar-refractivity contribution < 1.29 is 13.2 Å². The topological polar surface area (TPSA) is 23.9 Å². The van der Waals surface area contributed by atoms with Crippen LogP contribution in [0.15, 0.2) is 11.1 Å². The van der Waals surface area contributed by atoms with Gasteiger partial charge in [0.1, 0.15) is 0 Å². The van der Waals surface area contributed by atoms with Crippen LogP contribution in [0.4, 0.5) is 13.2 Å². The highest BCUT2D eigenvalue weighted by molar-refractivity contribution is 5.76. The first kappa shape index (κ1) is 9.20. The highest BCUT2D eigenvalue weighted by Gasteiger charge is 2.30. The highest BCUT2D eigenvalue weighted by atomic mass is 19.4. The Morgan fingerprint density at radius 2 is 1.70 bits per heavy atom. The molecule has 0 aliphatic rings. The van der Waals surface area contributed by atoms with Crippen LogP contribution in [0.2, 0.25) is 0 Å². The van der Waals surface area contributed by atoms with Gasteiger partial charge in [-0.2, -0.15) is 13.2 Å². The number of allylic oxidation sites excluding steroid dienone is 2. The Hall–Kier alpha value is -0.800. The van der Waals surface area contributed by atoms with E-state index in [1.807, 2.05) is 0 Å². The first-order chi connectivity index (χ1) is 4.39. The Balaban J connectivity index is 4.63. The quantitative estimate of drug-likeness (QED) is 0.557. The minimum Gasteiger partial charge on any atom is -0.308 e. The van der Waals surface area contributed by atoms with Crippen LogP contribution in [-0.2, 0) is 0 Å². The van der Waals surface area contributed by atoms with Gasteiger partial charge < -0.3 is 5.41 Å². The Bertz CT molecular complexity index is 166. The lowest BCUT2D eigenvalue weighted by Crippen LogP contribution is -2.11. The fourth-order valence-electron chi connectivity index (χ4n) is 0.332. The molecular weight excluding hydrogens is 143 g/mol. The van der Waals surface area contributed by atoms with Gasteiger partial charge in [-0.3, -0.25) is 0 Å². The summed E-state index contributed by atoms with van der Waals surface area (Å²) in [7, 11) is 0. The second kappa shape index (κ2) is 2.86. The molecule has 0 bridgehead atoms. The molecular formula is C6H8F3N. The smallest absolute Gasteiger partial charge is 0.308 e. The monoisotopic (exact) mass is 151 g/mol. The fraction of sp³-hybridized carbons (Fsp3) is 0.500. The second-order valence-corrected chi connectivity index (χ2v) is 1.95. The molecule has 0 saturated heterocycles. The largest absolute Gasteiger partial charge is 0.412 e. The first-order valence-electron chi connectivity index (χ1n) is 2.64. The molecule has 0 heterocycles. The zero-order valence-corrected chi connectivity index (χ0v) is 5.71. The summed E-state index contributed by atoms with van der Waals surface area (Å²) >= 11 is 0. The predicted molar refractivity (Wildman–Crippen MR) is 33.2 cm³/mol. The van der Waals surface area contributed by atoms with E-state index in [-0.39, 0.29) is 5.57 Å². The van der Waals surface area contributed by atoms with Crippen LogP contribution in [0.5, 0.6) is 0 Å². The van der Waals surface area contributed by atoms with E-state index in [2.05, 4.69) is 0 Å². The molecule has 0 fully saturated rings. The average Bonchev–Trinajstić information content (AvgIpc) is 1.83. The standard InChI is InChI=1S/C6H8F3N/c1-4(3-10)5(2)6(7,8)9/h3,10H,1-2H3/b5-4+,10-3?. The van der Waals surface area contributed by atoms with E-state index in [0.717, 1.165) is 6.92 Å². The number of nitrogens with one attached hydrogen (secondary N) is 1. The van der Waals surface area contributed by atoms with Gasteiger partial charge in [0.2, 0.25) is 0 Å². The lowest BCUT2D eigenvalue weighted by Gasteiger charge is -2.07. The molecule has 10 heavy (non-hydrogen) atoms. The van der Waals surface area contributed by atoms with Gasteiger partial charge in [0, 0.05) is 11.8 Å². The maximum atomic E-state index is 11.7. The molecule has 4 heteroatoms. The molecule has 0 rings (SSSR count). The van der Waals surface area contributed by atoms with Crippen molar-refractivity contribution in [2.75, 3.05) is 0 Å². The molecule has 58 valence electrons. The van der Waals surface area contributed by atoms with Crippen molar-refractivity contribution in [2.45, 2.75) is 20.0 Å². The van der Waals surface area contributed by atoms with Crippen molar-refractivity contribution >= 4 is 6.21 Å². The van der Waals surface area contributed by atoms with Crippen molar-refractivity contribution in [1.82, 2.24) is 0 Å². The second-order valence-electron chi connectivity index (χ2n) is 1.95. The molecule has 1 N–H and O–H groups in total. The van der Waals surface area contributed by atoms with E-state index in [0.29, 0.717) is 6.21 Å².